The molecule has 0 bridgehead atoms. The van der Waals surface area contributed by atoms with Crippen LogP contribution in [0.15, 0.2) is 83.4 Å². The number of allylic oxidation sites excluding steroid dienone is 2. The average molecular weight is 418 g/mol. The van der Waals surface area contributed by atoms with Crippen molar-refractivity contribution in [3.63, 3.8) is 0 Å². The lowest BCUT2D eigenvalue weighted by molar-refractivity contribution is -0.361. The standard InChI is InChI=1S/C23H19ClF3NO/c24-19-9-5-4-8-18(19)21-11-10-20(28-21)16-12-14-22(15-13-16,29-23(25,26)27)17-6-2-1-3-7-17/h1-9,12-14,21H,10-11,15H2. The van der Waals surface area contributed by atoms with Crippen molar-refractivity contribution in [2.75, 3.05) is 0 Å². The van der Waals surface area contributed by atoms with E-state index in [2.05, 4.69) is 4.74 Å². The highest BCUT2D eigenvalue weighted by Crippen LogP contribution is 2.42. The molecule has 2 aliphatic rings. The van der Waals surface area contributed by atoms with E-state index in [0.29, 0.717) is 10.6 Å². The maximum atomic E-state index is 13.1. The summed E-state index contributed by atoms with van der Waals surface area (Å²) in [6.07, 6.45) is 1.89. The molecule has 4 rings (SSSR count). The number of hydrogen-bond donors (Lipinski definition) is 0. The van der Waals surface area contributed by atoms with E-state index < -0.39 is 12.0 Å². The number of halogens is 4. The summed E-state index contributed by atoms with van der Waals surface area (Å²) in [5.41, 5.74) is 1.61. The molecule has 150 valence electrons. The minimum absolute atomic E-state index is 0.0276. The van der Waals surface area contributed by atoms with Crippen molar-refractivity contribution in [2.24, 2.45) is 4.99 Å². The van der Waals surface area contributed by atoms with Crippen LogP contribution in [0.25, 0.3) is 0 Å². The van der Waals surface area contributed by atoms with E-state index in [-0.39, 0.29) is 12.5 Å². The maximum Gasteiger partial charge on any atom is 0.523 e. The number of hydrogen-bond acceptors (Lipinski definition) is 2. The van der Waals surface area contributed by atoms with Gasteiger partial charge in [0.1, 0.15) is 5.60 Å². The Kier molecular flexibility index (Phi) is 5.36. The Bertz CT molecular complexity index is 981. The second-order valence-electron chi connectivity index (χ2n) is 7.15. The molecule has 2 unspecified atom stereocenters. The van der Waals surface area contributed by atoms with Crippen LogP contribution in [0.3, 0.4) is 0 Å². The normalized spacial score (nSPS) is 24.3. The second kappa shape index (κ2) is 7.81. The number of nitrogens with zero attached hydrogens (tertiary/aromatic N) is 1. The Morgan fingerprint density at radius 1 is 1.03 bits per heavy atom. The fourth-order valence-corrected chi connectivity index (χ4v) is 4.15. The molecule has 1 heterocycles. The van der Waals surface area contributed by atoms with Crippen LogP contribution in [0.1, 0.15) is 36.4 Å². The number of rotatable bonds is 4. The molecule has 0 N–H and O–H groups in total. The van der Waals surface area contributed by atoms with Crippen LogP contribution in [-0.4, -0.2) is 12.1 Å². The highest BCUT2D eigenvalue weighted by Gasteiger charge is 2.44. The fourth-order valence-electron chi connectivity index (χ4n) is 3.89. The lowest BCUT2D eigenvalue weighted by Gasteiger charge is -2.33. The monoisotopic (exact) mass is 417 g/mol. The second-order valence-corrected chi connectivity index (χ2v) is 7.56. The van der Waals surface area contributed by atoms with Gasteiger partial charge in [0.2, 0.25) is 0 Å². The molecule has 0 fully saturated rings. The summed E-state index contributed by atoms with van der Waals surface area (Å²) in [6.45, 7) is 0. The SMILES string of the molecule is FC(F)(F)OC1(c2ccccc2)C=CC(C2=NC(c3ccccc3Cl)CC2)=CC1. The third kappa shape index (κ3) is 4.31. The molecular weight excluding hydrogens is 399 g/mol. The van der Waals surface area contributed by atoms with E-state index in [1.54, 1.807) is 42.5 Å². The van der Waals surface area contributed by atoms with Crippen molar-refractivity contribution in [3.05, 3.63) is 94.5 Å². The van der Waals surface area contributed by atoms with Gasteiger partial charge in [-0.15, -0.1) is 13.2 Å². The largest absolute Gasteiger partial charge is 0.523 e. The molecule has 0 saturated heterocycles. The molecule has 0 radical (unpaired) electrons. The fraction of sp³-hybridized carbons (Fsp3) is 0.261. The number of aliphatic imine (C=N–C) groups is 1. The summed E-state index contributed by atoms with van der Waals surface area (Å²) >= 11 is 6.28. The Morgan fingerprint density at radius 2 is 1.76 bits per heavy atom. The minimum Gasteiger partial charge on any atom is -0.281 e. The van der Waals surface area contributed by atoms with Crippen molar-refractivity contribution in [2.45, 2.75) is 37.3 Å². The molecule has 2 atom stereocenters. The van der Waals surface area contributed by atoms with Crippen molar-refractivity contribution in [1.82, 2.24) is 0 Å². The zero-order valence-electron chi connectivity index (χ0n) is 15.5. The van der Waals surface area contributed by atoms with Crippen LogP contribution in [0.2, 0.25) is 5.02 Å². The highest BCUT2D eigenvalue weighted by molar-refractivity contribution is 6.31. The van der Waals surface area contributed by atoms with Crippen LogP contribution in [-0.2, 0) is 10.3 Å². The molecule has 2 nitrogen and oxygen atoms in total. The molecule has 0 spiro atoms. The van der Waals surface area contributed by atoms with Crippen molar-refractivity contribution in [1.29, 1.82) is 0 Å². The van der Waals surface area contributed by atoms with Crippen molar-refractivity contribution in [3.8, 4) is 0 Å². The lowest BCUT2D eigenvalue weighted by Crippen LogP contribution is -2.35. The zero-order chi connectivity index (χ0) is 20.5. The van der Waals surface area contributed by atoms with Crippen molar-refractivity contribution < 1.29 is 17.9 Å². The summed E-state index contributed by atoms with van der Waals surface area (Å²) in [5.74, 6) is 0. The van der Waals surface area contributed by atoms with E-state index in [1.165, 1.54) is 6.08 Å². The van der Waals surface area contributed by atoms with Crippen LogP contribution in [0.4, 0.5) is 13.2 Å². The summed E-state index contributed by atoms with van der Waals surface area (Å²) in [7, 11) is 0. The van der Waals surface area contributed by atoms with Crippen LogP contribution >= 0.6 is 11.6 Å². The Hall–Kier alpha value is -2.37. The van der Waals surface area contributed by atoms with Gasteiger partial charge in [-0.05, 0) is 41.7 Å². The summed E-state index contributed by atoms with van der Waals surface area (Å²) < 4.78 is 44.0. The molecule has 6 heteroatoms. The first-order valence-electron chi connectivity index (χ1n) is 9.40. The molecule has 1 aliphatic heterocycles. The van der Waals surface area contributed by atoms with Crippen LogP contribution in [0, 0.1) is 0 Å². The summed E-state index contributed by atoms with van der Waals surface area (Å²) in [4.78, 5) is 4.79. The minimum atomic E-state index is -4.74. The van der Waals surface area contributed by atoms with Gasteiger partial charge in [0, 0.05) is 17.2 Å². The number of ether oxygens (including phenoxy) is 1. The van der Waals surface area contributed by atoms with E-state index in [0.717, 1.165) is 29.7 Å². The Morgan fingerprint density at radius 3 is 2.41 bits per heavy atom. The van der Waals surface area contributed by atoms with Crippen LogP contribution in [0.5, 0.6) is 0 Å². The molecule has 2 aromatic carbocycles. The van der Waals surface area contributed by atoms with E-state index in [4.69, 9.17) is 16.6 Å². The summed E-state index contributed by atoms with van der Waals surface area (Å²) in [6, 6.07) is 16.1. The van der Waals surface area contributed by atoms with Gasteiger partial charge in [0.05, 0.1) is 6.04 Å². The van der Waals surface area contributed by atoms with Gasteiger partial charge in [-0.25, -0.2) is 0 Å². The number of alkyl halides is 3. The molecular formula is C23H19ClF3NO. The van der Waals surface area contributed by atoms with Gasteiger partial charge in [-0.3, -0.25) is 9.73 Å². The molecule has 29 heavy (non-hydrogen) atoms. The molecule has 0 saturated carbocycles. The molecule has 1 aliphatic carbocycles. The first-order valence-corrected chi connectivity index (χ1v) is 9.77. The quantitative estimate of drug-likeness (QED) is 0.528. The Labute approximate surface area is 172 Å². The molecule has 0 aromatic heterocycles. The van der Waals surface area contributed by atoms with Gasteiger partial charge in [-0.1, -0.05) is 72.3 Å². The lowest BCUT2D eigenvalue weighted by atomic mass is 9.84. The molecule has 0 amide bonds. The van der Waals surface area contributed by atoms with Gasteiger partial charge in [0.25, 0.3) is 0 Å². The third-order valence-electron chi connectivity index (χ3n) is 5.28. The smallest absolute Gasteiger partial charge is 0.281 e. The van der Waals surface area contributed by atoms with Crippen molar-refractivity contribution >= 4 is 17.3 Å². The van der Waals surface area contributed by atoms with E-state index in [1.807, 2.05) is 24.3 Å². The average Bonchev–Trinajstić information content (AvgIpc) is 3.18. The van der Waals surface area contributed by atoms with Gasteiger partial charge in [-0.2, -0.15) is 0 Å². The first kappa shape index (κ1) is 19.9. The highest BCUT2D eigenvalue weighted by atomic mass is 35.5. The number of benzene rings is 2. The van der Waals surface area contributed by atoms with E-state index in [9.17, 15) is 13.2 Å². The van der Waals surface area contributed by atoms with Gasteiger partial charge in [0.15, 0.2) is 0 Å². The van der Waals surface area contributed by atoms with Crippen LogP contribution < -0.4 is 0 Å². The predicted molar refractivity (Wildman–Crippen MR) is 108 cm³/mol. The Balaban J connectivity index is 1.59. The van der Waals surface area contributed by atoms with E-state index >= 15 is 0 Å². The van der Waals surface area contributed by atoms with Gasteiger partial charge >= 0.3 is 6.36 Å². The third-order valence-corrected chi connectivity index (χ3v) is 5.63. The van der Waals surface area contributed by atoms with Gasteiger partial charge < -0.3 is 0 Å². The maximum absolute atomic E-state index is 13.1. The summed E-state index contributed by atoms with van der Waals surface area (Å²) in [5, 5.41) is 0.678. The molecule has 2 aromatic rings. The zero-order valence-corrected chi connectivity index (χ0v) is 16.3. The predicted octanol–water partition coefficient (Wildman–Crippen LogP) is 6.93. The topological polar surface area (TPSA) is 21.6 Å². The first-order chi connectivity index (χ1) is 13.9.